The van der Waals surface area contributed by atoms with Crippen molar-refractivity contribution in [1.29, 1.82) is 0 Å². The lowest BCUT2D eigenvalue weighted by Gasteiger charge is -2.49. The molecule has 0 radical (unpaired) electrons. The van der Waals surface area contributed by atoms with Crippen molar-refractivity contribution in [2.24, 2.45) is 0 Å². The summed E-state index contributed by atoms with van der Waals surface area (Å²) in [4.78, 5) is 29.8. The van der Waals surface area contributed by atoms with Gasteiger partial charge in [-0.05, 0) is 56.8 Å². The van der Waals surface area contributed by atoms with Crippen LogP contribution < -0.4 is 5.63 Å². The zero-order valence-electron chi connectivity index (χ0n) is 17.4. The smallest absolute Gasteiger partial charge is 0.349 e. The molecular formula is C24H30N2O3. The zero-order valence-corrected chi connectivity index (χ0v) is 17.4. The van der Waals surface area contributed by atoms with Crippen LogP contribution in [0.3, 0.4) is 0 Å². The van der Waals surface area contributed by atoms with Crippen LogP contribution in [-0.2, 0) is 12.8 Å². The van der Waals surface area contributed by atoms with E-state index >= 15 is 0 Å². The standard InChI is InChI=1S/C24H30N2O3/c1-17-14-21(12-11-19-9-4-3-5-10-19)29-24(28)22(17)23(27)25-15-20(16-25)26-13-7-6-8-18(26)2/h3-5,9-10,14,18,20H,6-8,11-13,15-16H2,1-2H3. The quantitative estimate of drug-likeness (QED) is 0.780. The maximum absolute atomic E-state index is 12.9. The molecule has 4 rings (SSSR count). The molecule has 0 saturated carbocycles. The van der Waals surface area contributed by atoms with Gasteiger partial charge in [0, 0.05) is 31.6 Å². The molecule has 29 heavy (non-hydrogen) atoms. The van der Waals surface area contributed by atoms with Crippen LogP contribution >= 0.6 is 0 Å². The molecule has 1 unspecified atom stereocenters. The summed E-state index contributed by atoms with van der Waals surface area (Å²) in [5, 5.41) is 0. The van der Waals surface area contributed by atoms with Gasteiger partial charge in [0.2, 0.25) is 0 Å². The Hall–Kier alpha value is -2.40. The van der Waals surface area contributed by atoms with Gasteiger partial charge in [-0.3, -0.25) is 9.69 Å². The van der Waals surface area contributed by atoms with Crippen LogP contribution in [0, 0.1) is 6.92 Å². The Morgan fingerprint density at radius 2 is 1.90 bits per heavy atom. The number of piperidine rings is 1. The average molecular weight is 395 g/mol. The van der Waals surface area contributed by atoms with Crippen molar-refractivity contribution in [2.45, 2.75) is 58.0 Å². The number of nitrogens with zero attached hydrogens (tertiary/aromatic N) is 2. The van der Waals surface area contributed by atoms with Gasteiger partial charge in [-0.2, -0.15) is 0 Å². The van der Waals surface area contributed by atoms with E-state index in [-0.39, 0.29) is 11.5 Å². The number of likely N-dealkylation sites (tertiary alicyclic amines) is 2. The molecule has 2 fully saturated rings. The van der Waals surface area contributed by atoms with Crippen LogP contribution in [-0.4, -0.2) is 47.4 Å². The molecule has 1 amide bonds. The Kier molecular flexibility index (Phi) is 5.86. The maximum Gasteiger partial charge on any atom is 0.349 e. The number of rotatable bonds is 5. The average Bonchev–Trinajstić information content (AvgIpc) is 2.67. The largest absolute Gasteiger partial charge is 0.427 e. The Balaban J connectivity index is 1.39. The van der Waals surface area contributed by atoms with Crippen molar-refractivity contribution in [3.63, 3.8) is 0 Å². The molecular weight excluding hydrogens is 364 g/mol. The lowest BCUT2D eigenvalue weighted by molar-refractivity contribution is 0.00183. The SMILES string of the molecule is Cc1cc(CCc2ccccc2)oc(=O)c1C(=O)N1CC(N2CCCCC2C)C1. The predicted molar refractivity (Wildman–Crippen MR) is 113 cm³/mol. The van der Waals surface area contributed by atoms with E-state index in [2.05, 4.69) is 24.0 Å². The molecule has 1 atom stereocenters. The first-order valence-corrected chi connectivity index (χ1v) is 10.8. The Labute approximate surface area is 172 Å². The fraction of sp³-hybridized carbons (Fsp3) is 0.500. The Morgan fingerprint density at radius 3 is 2.59 bits per heavy atom. The molecule has 0 N–H and O–H groups in total. The predicted octanol–water partition coefficient (Wildman–Crippen LogP) is 3.43. The second-order valence-electron chi connectivity index (χ2n) is 8.49. The van der Waals surface area contributed by atoms with Crippen molar-refractivity contribution in [2.75, 3.05) is 19.6 Å². The van der Waals surface area contributed by atoms with Gasteiger partial charge in [-0.15, -0.1) is 0 Å². The first-order chi connectivity index (χ1) is 14.0. The van der Waals surface area contributed by atoms with Crippen LogP contribution in [0.15, 0.2) is 45.6 Å². The highest BCUT2D eigenvalue weighted by Gasteiger charge is 2.38. The molecule has 0 aliphatic carbocycles. The number of carbonyl (C=O) groups excluding carboxylic acids is 1. The molecule has 2 aliphatic rings. The second-order valence-corrected chi connectivity index (χ2v) is 8.49. The van der Waals surface area contributed by atoms with Gasteiger partial charge in [0.25, 0.3) is 5.91 Å². The van der Waals surface area contributed by atoms with Gasteiger partial charge in [-0.25, -0.2) is 4.79 Å². The van der Waals surface area contributed by atoms with Crippen LogP contribution in [0.2, 0.25) is 0 Å². The summed E-state index contributed by atoms with van der Waals surface area (Å²) in [5.74, 6) is 0.448. The summed E-state index contributed by atoms with van der Waals surface area (Å²) in [7, 11) is 0. The Bertz CT molecular complexity index is 915. The number of hydrogen-bond acceptors (Lipinski definition) is 4. The summed E-state index contributed by atoms with van der Waals surface area (Å²) in [6.07, 6.45) is 5.22. The highest BCUT2D eigenvalue weighted by molar-refractivity contribution is 5.95. The van der Waals surface area contributed by atoms with E-state index < -0.39 is 5.63 Å². The normalized spacial score (nSPS) is 20.5. The topological polar surface area (TPSA) is 53.8 Å². The summed E-state index contributed by atoms with van der Waals surface area (Å²) in [5.41, 5.74) is 1.60. The molecule has 1 aromatic heterocycles. The van der Waals surface area contributed by atoms with Crippen LogP contribution in [0.25, 0.3) is 0 Å². The van der Waals surface area contributed by atoms with Crippen molar-refractivity contribution in [1.82, 2.24) is 9.80 Å². The van der Waals surface area contributed by atoms with E-state index in [1.54, 1.807) is 4.90 Å². The van der Waals surface area contributed by atoms with Crippen LogP contribution in [0.1, 0.15) is 53.4 Å². The number of amides is 1. The molecule has 2 aromatic rings. The Morgan fingerprint density at radius 1 is 1.14 bits per heavy atom. The van der Waals surface area contributed by atoms with E-state index in [0.29, 0.717) is 42.9 Å². The molecule has 0 bridgehead atoms. The van der Waals surface area contributed by atoms with Gasteiger partial charge in [-0.1, -0.05) is 36.8 Å². The maximum atomic E-state index is 12.9. The third-order valence-electron chi connectivity index (χ3n) is 6.39. The van der Waals surface area contributed by atoms with Crippen molar-refractivity contribution in [3.05, 3.63) is 69.3 Å². The van der Waals surface area contributed by atoms with Gasteiger partial charge < -0.3 is 9.32 Å². The molecule has 154 valence electrons. The monoisotopic (exact) mass is 394 g/mol. The minimum absolute atomic E-state index is 0.188. The minimum atomic E-state index is -0.507. The fourth-order valence-corrected chi connectivity index (χ4v) is 4.62. The van der Waals surface area contributed by atoms with Crippen molar-refractivity contribution < 1.29 is 9.21 Å². The van der Waals surface area contributed by atoms with Crippen molar-refractivity contribution >= 4 is 5.91 Å². The van der Waals surface area contributed by atoms with E-state index in [0.717, 1.165) is 13.0 Å². The third-order valence-corrected chi connectivity index (χ3v) is 6.39. The van der Waals surface area contributed by atoms with Gasteiger partial charge in [0.1, 0.15) is 11.3 Å². The number of carbonyl (C=O) groups is 1. The number of benzene rings is 1. The molecule has 2 saturated heterocycles. The third kappa shape index (κ3) is 4.30. The first-order valence-electron chi connectivity index (χ1n) is 10.8. The molecule has 0 spiro atoms. The second kappa shape index (κ2) is 8.54. The highest BCUT2D eigenvalue weighted by Crippen LogP contribution is 2.25. The summed E-state index contributed by atoms with van der Waals surface area (Å²) >= 11 is 0. The van der Waals surface area contributed by atoms with Gasteiger partial charge >= 0.3 is 5.63 Å². The van der Waals surface area contributed by atoms with E-state index in [4.69, 9.17) is 4.42 Å². The molecule has 5 nitrogen and oxygen atoms in total. The fourth-order valence-electron chi connectivity index (χ4n) is 4.62. The first kappa shape index (κ1) is 19.9. The lowest BCUT2D eigenvalue weighted by atomic mass is 9.96. The highest BCUT2D eigenvalue weighted by atomic mass is 16.4. The lowest BCUT2D eigenvalue weighted by Crippen LogP contribution is -2.63. The summed E-state index contributed by atoms with van der Waals surface area (Å²) < 4.78 is 5.50. The van der Waals surface area contributed by atoms with Crippen molar-refractivity contribution in [3.8, 4) is 0 Å². The summed E-state index contributed by atoms with van der Waals surface area (Å²) in [6.45, 7) is 6.64. The molecule has 5 heteroatoms. The summed E-state index contributed by atoms with van der Waals surface area (Å²) in [6, 6.07) is 13.0. The van der Waals surface area contributed by atoms with E-state index in [9.17, 15) is 9.59 Å². The van der Waals surface area contributed by atoms with E-state index in [1.165, 1.54) is 24.8 Å². The van der Waals surface area contributed by atoms with Crippen LogP contribution in [0.4, 0.5) is 0 Å². The molecule has 2 aliphatic heterocycles. The van der Waals surface area contributed by atoms with Crippen LogP contribution in [0.5, 0.6) is 0 Å². The minimum Gasteiger partial charge on any atom is -0.427 e. The number of aryl methyl sites for hydroxylation is 3. The number of hydrogen-bond donors (Lipinski definition) is 0. The van der Waals surface area contributed by atoms with Gasteiger partial charge in [0.05, 0.1) is 0 Å². The van der Waals surface area contributed by atoms with E-state index in [1.807, 2.05) is 31.2 Å². The zero-order chi connectivity index (χ0) is 20.4. The van der Waals surface area contributed by atoms with Gasteiger partial charge in [0.15, 0.2) is 0 Å². The molecule has 1 aromatic carbocycles. The molecule has 3 heterocycles.